The molecule has 0 amide bonds. The molecule has 2 atom stereocenters. The third-order valence-electron chi connectivity index (χ3n) is 2.58. The van der Waals surface area contributed by atoms with E-state index in [9.17, 15) is 0 Å². The lowest BCUT2D eigenvalue weighted by molar-refractivity contribution is 0.587. The van der Waals surface area contributed by atoms with Gasteiger partial charge in [0.2, 0.25) is 0 Å². The maximum Gasteiger partial charge on any atom is 0.0681 e. The van der Waals surface area contributed by atoms with Crippen LogP contribution in [0.1, 0.15) is 19.8 Å². The number of alkyl halides is 1. The van der Waals surface area contributed by atoms with Gasteiger partial charge >= 0.3 is 0 Å². The van der Waals surface area contributed by atoms with Crippen LogP contribution in [-0.2, 0) is 0 Å². The van der Waals surface area contributed by atoms with Crippen LogP contribution >= 0.6 is 27.7 Å². The van der Waals surface area contributed by atoms with Gasteiger partial charge in [-0.05, 0) is 30.2 Å². The van der Waals surface area contributed by atoms with Gasteiger partial charge in [0.1, 0.15) is 0 Å². The molecule has 3 heteroatoms. The number of hydrogen-bond acceptors (Lipinski definition) is 2. The van der Waals surface area contributed by atoms with Crippen molar-refractivity contribution in [1.82, 2.24) is 5.32 Å². The molecule has 0 fully saturated rings. The van der Waals surface area contributed by atoms with Crippen LogP contribution in [-0.4, -0.2) is 17.2 Å². The molecule has 0 bridgehead atoms. The third-order valence-corrected chi connectivity index (χ3v) is 4.64. The highest BCUT2D eigenvalue weighted by atomic mass is 79.9. The molecule has 12 heavy (non-hydrogen) atoms. The molecule has 0 saturated carbocycles. The highest BCUT2D eigenvalue weighted by Gasteiger charge is 2.27. The summed E-state index contributed by atoms with van der Waals surface area (Å²) in [6, 6.07) is 0. The summed E-state index contributed by atoms with van der Waals surface area (Å²) in [6.45, 7) is 4.66. The van der Waals surface area contributed by atoms with Gasteiger partial charge in [-0.1, -0.05) is 28.4 Å². The number of nitrogens with one attached hydrogen (secondary N) is 1. The molecular weight excluding hydrogens is 234 g/mol. The van der Waals surface area contributed by atoms with E-state index in [0.717, 1.165) is 12.5 Å². The van der Waals surface area contributed by atoms with E-state index in [-0.39, 0.29) is 0 Å². The summed E-state index contributed by atoms with van der Waals surface area (Å²) in [5.74, 6) is 0.748. The van der Waals surface area contributed by atoms with E-state index >= 15 is 0 Å². The van der Waals surface area contributed by atoms with Gasteiger partial charge < -0.3 is 5.32 Å². The molecule has 0 saturated heterocycles. The molecule has 2 aliphatic rings. The van der Waals surface area contributed by atoms with Crippen LogP contribution in [0.3, 0.4) is 0 Å². The van der Waals surface area contributed by atoms with Crippen LogP contribution in [0.15, 0.2) is 10.5 Å². The fourth-order valence-electron chi connectivity index (χ4n) is 1.90. The fourth-order valence-corrected chi connectivity index (χ4v) is 4.15. The smallest absolute Gasteiger partial charge is 0.0681 e. The van der Waals surface area contributed by atoms with Gasteiger partial charge in [-0.15, -0.1) is 11.8 Å². The van der Waals surface area contributed by atoms with E-state index in [0.29, 0.717) is 4.16 Å². The van der Waals surface area contributed by atoms with Crippen molar-refractivity contribution in [2.45, 2.75) is 23.9 Å². The first kappa shape index (κ1) is 9.10. The predicted molar refractivity (Wildman–Crippen MR) is 58.6 cm³/mol. The first-order valence-corrected chi connectivity index (χ1v) is 6.30. The number of hydrogen-bond donors (Lipinski definition) is 1. The third kappa shape index (κ3) is 1.73. The SMILES string of the molecule is CC1CNCCC2=C1CC(Br)S2. The fraction of sp³-hybridized carbons (Fsp3) is 0.778. The second-order valence-corrected chi connectivity index (χ2v) is 6.54. The van der Waals surface area contributed by atoms with Crippen molar-refractivity contribution in [2.75, 3.05) is 13.1 Å². The summed E-state index contributed by atoms with van der Waals surface area (Å²) in [7, 11) is 0. The topological polar surface area (TPSA) is 12.0 Å². The van der Waals surface area contributed by atoms with Gasteiger partial charge in [-0.25, -0.2) is 0 Å². The molecule has 2 rings (SSSR count). The van der Waals surface area contributed by atoms with Crippen LogP contribution in [0.2, 0.25) is 0 Å². The summed E-state index contributed by atoms with van der Waals surface area (Å²) in [6.07, 6.45) is 2.50. The van der Waals surface area contributed by atoms with Crippen molar-refractivity contribution < 1.29 is 0 Å². The zero-order valence-electron chi connectivity index (χ0n) is 7.27. The van der Waals surface area contributed by atoms with Crippen LogP contribution in [0.5, 0.6) is 0 Å². The van der Waals surface area contributed by atoms with Crippen LogP contribution in [0.4, 0.5) is 0 Å². The summed E-state index contributed by atoms with van der Waals surface area (Å²) in [4.78, 5) is 1.65. The molecule has 0 aromatic heterocycles. The Hall–Kier alpha value is 0.530. The quantitative estimate of drug-likeness (QED) is 0.661. The average Bonchev–Trinajstić information content (AvgIpc) is 2.33. The van der Waals surface area contributed by atoms with E-state index < -0.39 is 0 Å². The largest absolute Gasteiger partial charge is 0.316 e. The second-order valence-electron chi connectivity index (χ2n) is 3.54. The second kappa shape index (κ2) is 3.72. The van der Waals surface area contributed by atoms with Crippen molar-refractivity contribution >= 4 is 27.7 Å². The van der Waals surface area contributed by atoms with Crippen molar-refractivity contribution in [3.63, 3.8) is 0 Å². The van der Waals surface area contributed by atoms with Gasteiger partial charge in [-0.3, -0.25) is 0 Å². The van der Waals surface area contributed by atoms with Gasteiger partial charge in [0.15, 0.2) is 0 Å². The van der Waals surface area contributed by atoms with Crippen LogP contribution in [0.25, 0.3) is 0 Å². The lowest BCUT2D eigenvalue weighted by atomic mass is 9.99. The molecule has 1 N–H and O–H groups in total. The average molecular weight is 248 g/mol. The monoisotopic (exact) mass is 247 g/mol. The van der Waals surface area contributed by atoms with Crippen molar-refractivity contribution in [2.24, 2.45) is 5.92 Å². The summed E-state index contributed by atoms with van der Waals surface area (Å²) in [5.41, 5.74) is 1.70. The maximum absolute atomic E-state index is 3.68. The summed E-state index contributed by atoms with van der Waals surface area (Å²) >= 11 is 5.71. The maximum atomic E-state index is 3.68. The highest BCUT2D eigenvalue weighted by molar-refractivity contribution is 9.11. The Balaban J connectivity index is 2.16. The minimum Gasteiger partial charge on any atom is -0.316 e. The Bertz CT molecular complexity index is 215. The van der Waals surface area contributed by atoms with E-state index in [1.807, 2.05) is 11.8 Å². The molecule has 2 aliphatic heterocycles. The van der Waals surface area contributed by atoms with Gasteiger partial charge in [-0.2, -0.15) is 0 Å². The van der Waals surface area contributed by atoms with Crippen molar-refractivity contribution in [3.05, 3.63) is 10.5 Å². The van der Waals surface area contributed by atoms with Gasteiger partial charge in [0, 0.05) is 6.54 Å². The Kier molecular flexibility index (Phi) is 2.82. The lowest BCUT2D eigenvalue weighted by Crippen LogP contribution is -2.20. The van der Waals surface area contributed by atoms with Gasteiger partial charge in [0.25, 0.3) is 0 Å². The molecule has 0 aromatic carbocycles. The van der Waals surface area contributed by atoms with Crippen LogP contribution in [0, 0.1) is 5.92 Å². The number of rotatable bonds is 0. The summed E-state index contributed by atoms with van der Waals surface area (Å²) < 4.78 is 0.656. The van der Waals surface area contributed by atoms with Crippen molar-refractivity contribution in [3.8, 4) is 0 Å². The number of halogens is 1. The first-order valence-electron chi connectivity index (χ1n) is 4.50. The predicted octanol–water partition coefficient (Wildman–Crippen LogP) is 2.73. The lowest BCUT2D eigenvalue weighted by Gasteiger charge is -2.11. The zero-order chi connectivity index (χ0) is 8.55. The minimum atomic E-state index is 0.656. The Morgan fingerprint density at radius 2 is 2.42 bits per heavy atom. The van der Waals surface area contributed by atoms with Gasteiger partial charge in [0.05, 0.1) is 4.16 Å². The molecule has 2 unspecified atom stereocenters. The molecule has 68 valence electrons. The Labute approximate surface area is 86.5 Å². The van der Waals surface area contributed by atoms with E-state index in [2.05, 4.69) is 28.2 Å². The standard InChI is InChI=1S/C9H14BrNS/c1-6-5-11-3-2-8-7(6)4-9(10)12-8/h6,9,11H,2-5H2,1H3. The molecule has 0 aliphatic carbocycles. The number of thioether (sulfide) groups is 1. The Morgan fingerprint density at radius 3 is 3.25 bits per heavy atom. The minimum absolute atomic E-state index is 0.656. The summed E-state index contributed by atoms with van der Waals surface area (Å²) in [5, 5.41) is 3.47. The van der Waals surface area contributed by atoms with E-state index in [4.69, 9.17) is 0 Å². The molecule has 0 radical (unpaired) electrons. The molecule has 1 nitrogen and oxygen atoms in total. The molecule has 2 heterocycles. The first-order chi connectivity index (χ1) is 5.77. The normalized spacial score (nSPS) is 36.5. The highest BCUT2D eigenvalue weighted by Crippen LogP contribution is 2.45. The van der Waals surface area contributed by atoms with E-state index in [1.165, 1.54) is 19.4 Å². The Morgan fingerprint density at radius 1 is 1.58 bits per heavy atom. The van der Waals surface area contributed by atoms with E-state index in [1.54, 1.807) is 10.5 Å². The van der Waals surface area contributed by atoms with Crippen LogP contribution < -0.4 is 5.32 Å². The molecular formula is C9H14BrNS. The molecule has 0 aromatic rings. The zero-order valence-corrected chi connectivity index (χ0v) is 9.67. The van der Waals surface area contributed by atoms with Crippen molar-refractivity contribution in [1.29, 1.82) is 0 Å². The molecule has 0 spiro atoms.